The van der Waals surface area contributed by atoms with E-state index in [1.165, 1.54) is 0 Å². The van der Waals surface area contributed by atoms with E-state index in [1.807, 2.05) is 0 Å². The molecule has 2 N–H and O–H groups in total. The molecule has 1 aliphatic rings. The molecule has 0 bridgehead atoms. The van der Waals surface area contributed by atoms with Crippen molar-refractivity contribution >= 4 is 11.6 Å². The van der Waals surface area contributed by atoms with Gasteiger partial charge in [-0.25, -0.2) is 8.78 Å². The van der Waals surface area contributed by atoms with Crippen molar-refractivity contribution in [2.75, 3.05) is 25.0 Å². The zero-order valence-corrected chi connectivity index (χ0v) is 11.1. The van der Waals surface area contributed by atoms with E-state index in [0.717, 1.165) is 44.1 Å². The van der Waals surface area contributed by atoms with E-state index in [9.17, 15) is 18.7 Å². The molecule has 0 saturated carbocycles. The molecule has 4 nitrogen and oxygen atoms in total. The minimum Gasteiger partial charge on any atom is -0.393 e. The maximum Gasteiger partial charge on any atom is 0.225 e. The minimum atomic E-state index is -0.717. The van der Waals surface area contributed by atoms with Crippen LogP contribution < -0.4 is 5.32 Å². The third-order valence-corrected chi connectivity index (χ3v) is 3.36. The number of nitrogens with one attached hydrogen (secondary N) is 1. The first-order chi connectivity index (χ1) is 9.52. The maximum absolute atomic E-state index is 13.0. The molecular formula is C14H18F2N2O2. The number of benzene rings is 1. The number of hydrogen-bond acceptors (Lipinski definition) is 3. The average Bonchev–Trinajstić information content (AvgIpc) is 2.37. The van der Waals surface area contributed by atoms with Gasteiger partial charge in [-0.05, 0) is 25.0 Å². The molecule has 1 fully saturated rings. The normalized spacial score (nSPS) is 17.1. The second-order valence-corrected chi connectivity index (χ2v) is 5.03. The van der Waals surface area contributed by atoms with Crippen molar-refractivity contribution in [3.05, 3.63) is 29.8 Å². The lowest BCUT2D eigenvalue weighted by molar-refractivity contribution is -0.116. The Kier molecular flexibility index (Phi) is 5.03. The largest absolute Gasteiger partial charge is 0.393 e. The Balaban J connectivity index is 1.77. The van der Waals surface area contributed by atoms with Crippen LogP contribution in [0, 0.1) is 11.6 Å². The minimum absolute atomic E-state index is 0.126. The predicted octanol–water partition coefficient (Wildman–Crippen LogP) is 1.75. The summed E-state index contributed by atoms with van der Waals surface area (Å²) in [4.78, 5) is 13.8. The highest BCUT2D eigenvalue weighted by Gasteiger charge is 2.17. The highest BCUT2D eigenvalue weighted by Crippen LogP contribution is 2.14. The molecule has 0 spiro atoms. The van der Waals surface area contributed by atoms with Gasteiger partial charge in [0.15, 0.2) is 0 Å². The molecule has 2 rings (SSSR count). The zero-order valence-electron chi connectivity index (χ0n) is 11.1. The Morgan fingerprint density at radius 2 is 1.85 bits per heavy atom. The molecule has 1 saturated heterocycles. The van der Waals surface area contributed by atoms with Gasteiger partial charge in [0.25, 0.3) is 0 Å². The molecular weight excluding hydrogens is 266 g/mol. The number of nitrogens with zero attached hydrogens (tertiary/aromatic N) is 1. The highest BCUT2D eigenvalue weighted by molar-refractivity contribution is 5.90. The van der Waals surface area contributed by atoms with Gasteiger partial charge in [0.2, 0.25) is 5.91 Å². The average molecular weight is 284 g/mol. The number of rotatable bonds is 4. The molecule has 6 heteroatoms. The number of anilines is 1. The lowest BCUT2D eigenvalue weighted by atomic mass is 10.1. The highest BCUT2D eigenvalue weighted by atomic mass is 19.1. The lowest BCUT2D eigenvalue weighted by Gasteiger charge is -2.29. The number of amides is 1. The smallest absolute Gasteiger partial charge is 0.225 e. The lowest BCUT2D eigenvalue weighted by Crippen LogP contribution is -2.37. The third kappa shape index (κ3) is 4.54. The number of aliphatic hydroxyl groups excluding tert-OH is 1. The number of carbonyl (C=O) groups is 1. The van der Waals surface area contributed by atoms with Gasteiger partial charge >= 0.3 is 0 Å². The number of aliphatic hydroxyl groups is 1. The van der Waals surface area contributed by atoms with Gasteiger partial charge in [-0.3, -0.25) is 4.79 Å². The molecule has 1 heterocycles. The van der Waals surface area contributed by atoms with Crippen molar-refractivity contribution in [1.29, 1.82) is 0 Å². The van der Waals surface area contributed by atoms with Crippen LogP contribution in [0.15, 0.2) is 18.2 Å². The fourth-order valence-corrected chi connectivity index (χ4v) is 2.25. The Hall–Kier alpha value is -1.53. The summed E-state index contributed by atoms with van der Waals surface area (Å²) in [5.74, 6) is -1.71. The van der Waals surface area contributed by atoms with Crippen molar-refractivity contribution in [3.8, 4) is 0 Å². The van der Waals surface area contributed by atoms with Crippen molar-refractivity contribution in [2.45, 2.75) is 25.4 Å². The van der Waals surface area contributed by atoms with Crippen molar-refractivity contribution in [1.82, 2.24) is 4.90 Å². The summed E-state index contributed by atoms with van der Waals surface area (Å²) in [5.41, 5.74) is 0.126. The van der Waals surface area contributed by atoms with Crippen LogP contribution in [-0.2, 0) is 4.79 Å². The van der Waals surface area contributed by atoms with Crippen LogP contribution in [0.1, 0.15) is 19.3 Å². The summed E-state index contributed by atoms with van der Waals surface area (Å²) in [7, 11) is 0. The van der Waals surface area contributed by atoms with E-state index in [1.54, 1.807) is 0 Å². The topological polar surface area (TPSA) is 52.6 Å². The van der Waals surface area contributed by atoms with Gasteiger partial charge < -0.3 is 15.3 Å². The van der Waals surface area contributed by atoms with Crippen LogP contribution >= 0.6 is 0 Å². The number of carbonyl (C=O) groups excluding carboxylic acids is 1. The molecule has 20 heavy (non-hydrogen) atoms. The second-order valence-electron chi connectivity index (χ2n) is 5.03. The Morgan fingerprint density at radius 3 is 2.45 bits per heavy atom. The van der Waals surface area contributed by atoms with Gasteiger partial charge in [-0.2, -0.15) is 0 Å². The first-order valence-corrected chi connectivity index (χ1v) is 6.69. The number of halogens is 2. The molecule has 1 aromatic carbocycles. The zero-order chi connectivity index (χ0) is 14.5. The van der Waals surface area contributed by atoms with Crippen molar-refractivity contribution in [3.63, 3.8) is 0 Å². The van der Waals surface area contributed by atoms with Crippen LogP contribution in [0.4, 0.5) is 14.5 Å². The fourth-order valence-electron chi connectivity index (χ4n) is 2.25. The monoisotopic (exact) mass is 284 g/mol. The number of hydrogen-bond donors (Lipinski definition) is 2. The van der Waals surface area contributed by atoms with Gasteiger partial charge in [0, 0.05) is 37.8 Å². The Labute approximate surface area is 116 Å². The fraction of sp³-hybridized carbons (Fsp3) is 0.500. The quantitative estimate of drug-likeness (QED) is 0.885. The molecule has 0 radical (unpaired) electrons. The van der Waals surface area contributed by atoms with Crippen LogP contribution in [0.5, 0.6) is 0 Å². The first kappa shape index (κ1) is 14.9. The summed E-state index contributed by atoms with van der Waals surface area (Å²) in [6.45, 7) is 2.11. The molecule has 1 amide bonds. The van der Waals surface area contributed by atoms with E-state index in [0.29, 0.717) is 6.54 Å². The maximum atomic E-state index is 13.0. The Bertz CT molecular complexity index is 454. The van der Waals surface area contributed by atoms with Crippen LogP contribution in [0.25, 0.3) is 0 Å². The predicted molar refractivity (Wildman–Crippen MR) is 71.3 cm³/mol. The Morgan fingerprint density at radius 1 is 1.25 bits per heavy atom. The van der Waals surface area contributed by atoms with Crippen LogP contribution in [0.3, 0.4) is 0 Å². The van der Waals surface area contributed by atoms with Gasteiger partial charge in [-0.1, -0.05) is 0 Å². The third-order valence-electron chi connectivity index (χ3n) is 3.36. The number of piperidine rings is 1. The SMILES string of the molecule is O=C(CCN1CCC(O)CC1)Nc1cc(F)cc(F)c1. The van der Waals surface area contributed by atoms with Crippen molar-refractivity contribution in [2.24, 2.45) is 0 Å². The van der Waals surface area contributed by atoms with Crippen molar-refractivity contribution < 1.29 is 18.7 Å². The molecule has 0 atom stereocenters. The van der Waals surface area contributed by atoms with E-state index >= 15 is 0 Å². The van der Waals surface area contributed by atoms with Gasteiger partial charge in [0.05, 0.1) is 6.10 Å². The second kappa shape index (κ2) is 6.76. The van der Waals surface area contributed by atoms with E-state index in [4.69, 9.17) is 0 Å². The van der Waals surface area contributed by atoms with E-state index < -0.39 is 11.6 Å². The summed E-state index contributed by atoms with van der Waals surface area (Å²) in [6.07, 6.45) is 1.46. The van der Waals surface area contributed by atoms with E-state index in [2.05, 4.69) is 10.2 Å². The van der Waals surface area contributed by atoms with Gasteiger partial charge in [0.1, 0.15) is 11.6 Å². The first-order valence-electron chi connectivity index (χ1n) is 6.69. The molecule has 0 aliphatic carbocycles. The molecule has 0 aromatic heterocycles. The molecule has 1 aliphatic heterocycles. The molecule has 110 valence electrons. The molecule has 0 unspecified atom stereocenters. The number of likely N-dealkylation sites (tertiary alicyclic amines) is 1. The van der Waals surface area contributed by atoms with E-state index in [-0.39, 0.29) is 24.1 Å². The standard InChI is InChI=1S/C14H18F2N2O2/c15-10-7-11(16)9-12(8-10)17-14(20)3-6-18-4-1-13(19)2-5-18/h7-9,13,19H,1-6H2,(H,17,20). The van der Waals surface area contributed by atoms with Gasteiger partial charge in [-0.15, -0.1) is 0 Å². The molecule has 1 aromatic rings. The summed E-state index contributed by atoms with van der Waals surface area (Å²) < 4.78 is 25.9. The van der Waals surface area contributed by atoms with Crippen LogP contribution in [-0.4, -0.2) is 41.7 Å². The summed E-state index contributed by atoms with van der Waals surface area (Å²) >= 11 is 0. The summed E-state index contributed by atoms with van der Waals surface area (Å²) in [5, 5.41) is 11.9. The van der Waals surface area contributed by atoms with Crippen LogP contribution in [0.2, 0.25) is 0 Å². The summed E-state index contributed by atoms with van der Waals surface area (Å²) in [6, 6.07) is 2.92.